The van der Waals surface area contributed by atoms with Crippen molar-refractivity contribution in [3.63, 3.8) is 0 Å². The molecule has 1 N–H and O–H groups in total. The van der Waals surface area contributed by atoms with Gasteiger partial charge in [0, 0.05) is 6.20 Å². The molecule has 26 heavy (non-hydrogen) atoms. The van der Waals surface area contributed by atoms with E-state index in [0.29, 0.717) is 12.5 Å². The molecule has 0 bridgehead atoms. The summed E-state index contributed by atoms with van der Waals surface area (Å²) in [5.41, 5.74) is 3.09. The number of benzene rings is 1. The van der Waals surface area contributed by atoms with E-state index in [0.717, 1.165) is 17.1 Å². The summed E-state index contributed by atoms with van der Waals surface area (Å²) in [5.74, 6) is 1.29. The van der Waals surface area contributed by atoms with Gasteiger partial charge in [-0.25, -0.2) is 4.68 Å². The van der Waals surface area contributed by atoms with Crippen LogP contribution in [0.5, 0.6) is 5.75 Å². The fourth-order valence-electron chi connectivity index (χ4n) is 3.47. The molecule has 1 amide bonds. The summed E-state index contributed by atoms with van der Waals surface area (Å²) < 4.78 is 6.97. The van der Waals surface area contributed by atoms with Crippen LogP contribution in [-0.4, -0.2) is 22.8 Å². The van der Waals surface area contributed by atoms with Gasteiger partial charge in [-0.15, -0.1) is 0 Å². The summed E-state index contributed by atoms with van der Waals surface area (Å²) in [6.45, 7) is 8.90. The molecule has 0 spiro atoms. The first-order valence-corrected chi connectivity index (χ1v) is 8.94. The topological polar surface area (TPSA) is 56.1 Å². The lowest BCUT2D eigenvalue weighted by Gasteiger charge is -2.05. The first-order chi connectivity index (χ1) is 12.3. The van der Waals surface area contributed by atoms with Crippen LogP contribution in [0.25, 0.3) is 5.69 Å². The summed E-state index contributed by atoms with van der Waals surface area (Å²) >= 11 is 0. The van der Waals surface area contributed by atoms with Gasteiger partial charge in [-0.3, -0.25) is 4.79 Å². The zero-order valence-corrected chi connectivity index (χ0v) is 16.1. The molecule has 0 radical (unpaired) electrons. The van der Waals surface area contributed by atoms with Gasteiger partial charge in [-0.1, -0.05) is 25.5 Å². The van der Waals surface area contributed by atoms with Crippen molar-refractivity contribution in [3.8, 4) is 11.4 Å². The zero-order chi connectivity index (χ0) is 18.9. The summed E-state index contributed by atoms with van der Waals surface area (Å²) in [7, 11) is 1.65. The van der Waals surface area contributed by atoms with Gasteiger partial charge in [-0.05, 0) is 55.5 Å². The Morgan fingerprint density at radius 2 is 1.96 bits per heavy atom. The largest absolute Gasteiger partial charge is 0.497 e. The monoisotopic (exact) mass is 353 g/mol. The Morgan fingerprint density at radius 3 is 2.58 bits per heavy atom. The standard InChI is InChI=1S/C21H27N3O2/c1-14(2)12-18-19(21(18,3)4)20(25)22-13-15-10-11-24(23-15)16-6-8-17(26-5)9-7-16/h6-12,18-19H,13H2,1-5H3,(H,22,25). The highest BCUT2D eigenvalue weighted by Crippen LogP contribution is 2.59. The molecule has 0 aliphatic heterocycles. The number of carbonyl (C=O) groups excluding carboxylic acids is 1. The van der Waals surface area contributed by atoms with Crippen molar-refractivity contribution in [2.45, 2.75) is 34.2 Å². The molecule has 5 heteroatoms. The molecule has 1 saturated carbocycles. The predicted molar refractivity (Wildman–Crippen MR) is 102 cm³/mol. The number of nitrogens with zero attached hydrogens (tertiary/aromatic N) is 2. The molecule has 1 aliphatic carbocycles. The summed E-state index contributed by atoms with van der Waals surface area (Å²) in [6, 6.07) is 9.63. The fourth-order valence-corrected chi connectivity index (χ4v) is 3.47. The van der Waals surface area contributed by atoms with Crippen LogP contribution in [0.2, 0.25) is 0 Å². The lowest BCUT2D eigenvalue weighted by molar-refractivity contribution is -0.123. The van der Waals surface area contributed by atoms with Crippen molar-refractivity contribution in [1.82, 2.24) is 15.1 Å². The average molecular weight is 353 g/mol. The van der Waals surface area contributed by atoms with Gasteiger partial charge in [0.15, 0.2) is 0 Å². The maximum absolute atomic E-state index is 12.5. The smallest absolute Gasteiger partial charge is 0.224 e. The summed E-state index contributed by atoms with van der Waals surface area (Å²) in [5, 5.41) is 7.58. The van der Waals surface area contributed by atoms with Crippen LogP contribution in [0.15, 0.2) is 48.2 Å². The number of rotatable bonds is 6. The van der Waals surface area contributed by atoms with Crippen LogP contribution >= 0.6 is 0 Å². The number of aromatic nitrogens is 2. The van der Waals surface area contributed by atoms with E-state index in [-0.39, 0.29) is 17.2 Å². The molecule has 1 heterocycles. The minimum Gasteiger partial charge on any atom is -0.497 e. The number of hydrogen-bond acceptors (Lipinski definition) is 3. The number of amides is 1. The Labute approximate surface area is 155 Å². The average Bonchev–Trinajstić information content (AvgIpc) is 2.97. The van der Waals surface area contributed by atoms with Gasteiger partial charge in [-0.2, -0.15) is 5.10 Å². The van der Waals surface area contributed by atoms with Crippen molar-refractivity contribution in [3.05, 3.63) is 53.9 Å². The third kappa shape index (κ3) is 3.66. The highest BCUT2D eigenvalue weighted by Gasteiger charge is 2.60. The molecule has 138 valence electrons. The Kier molecular flexibility index (Phi) is 4.90. The molecule has 1 aromatic carbocycles. The molecule has 0 saturated heterocycles. The van der Waals surface area contributed by atoms with Crippen LogP contribution in [0.4, 0.5) is 0 Å². The van der Waals surface area contributed by atoms with E-state index in [4.69, 9.17) is 4.74 Å². The lowest BCUT2D eigenvalue weighted by Crippen LogP contribution is -2.26. The molecule has 1 fully saturated rings. The fraction of sp³-hybridized carbons (Fsp3) is 0.429. The van der Waals surface area contributed by atoms with Gasteiger partial charge >= 0.3 is 0 Å². The molecule has 3 rings (SSSR count). The van der Waals surface area contributed by atoms with Crippen molar-refractivity contribution in [2.75, 3.05) is 7.11 Å². The highest BCUT2D eigenvalue weighted by atomic mass is 16.5. The molecular formula is C21H27N3O2. The van der Waals surface area contributed by atoms with Gasteiger partial charge in [0.05, 0.1) is 31.0 Å². The third-order valence-corrected chi connectivity index (χ3v) is 5.13. The number of carbonyl (C=O) groups is 1. The predicted octanol–water partition coefficient (Wildman–Crippen LogP) is 3.74. The van der Waals surface area contributed by atoms with Gasteiger partial charge in [0.25, 0.3) is 0 Å². The zero-order valence-electron chi connectivity index (χ0n) is 16.1. The number of methoxy groups -OCH3 is 1. The van der Waals surface area contributed by atoms with Crippen molar-refractivity contribution < 1.29 is 9.53 Å². The second-order valence-electron chi connectivity index (χ2n) is 7.74. The maximum atomic E-state index is 12.5. The quantitative estimate of drug-likeness (QED) is 0.805. The Morgan fingerprint density at radius 1 is 1.27 bits per heavy atom. The molecule has 5 nitrogen and oxygen atoms in total. The first-order valence-electron chi connectivity index (χ1n) is 8.94. The van der Waals surface area contributed by atoms with E-state index in [1.54, 1.807) is 11.8 Å². The molecule has 1 aromatic heterocycles. The van der Waals surface area contributed by atoms with Gasteiger partial charge in [0.1, 0.15) is 5.75 Å². The van der Waals surface area contributed by atoms with E-state index < -0.39 is 0 Å². The lowest BCUT2D eigenvalue weighted by atomic mass is 10.1. The maximum Gasteiger partial charge on any atom is 0.224 e. The second-order valence-corrected chi connectivity index (χ2v) is 7.74. The van der Waals surface area contributed by atoms with Crippen LogP contribution in [-0.2, 0) is 11.3 Å². The van der Waals surface area contributed by atoms with E-state index >= 15 is 0 Å². The van der Waals surface area contributed by atoms with Crippen LogP contribution in [0.1, 0.15) is 33.4 Å². The van der Waals surface area contributed by atoms with Gasteiger partial charge < -0.3 is 10.1 Å². The summed E-state index contributed by atoms with van der Waals surface area (Å²) in [6.07, 6.45) is 4.11. The second kappa shape index (κ2) is 6.98. The Hall–Kier alpha value is -2.56. The first kappa shape index (κ1) is 18.2. The molecule has 2 atom stereocenters. The summed E-state index contributed by atoms with van der Waals surface area (Å²) in [4.78, 5) is 12.5. The number of ether oxygens (including phenoxy) is 1. The van der Waals surface area contributed by atoms with Crippen molar-refractivity contribution in [2.24, 2.45) is 17.3 Å². The Balaban J connectivity index is 1.60. The minimum atomic E-state index is 0.0316. The number of nitrogens with one attached hydrogen (secondary N) is 1. The van der Waals surface area contributed by atoms with Gasteiger partial charge in [0.2, 0.25) is 5.91 Å². The van der Waals surface area contributed by atoms with E-state index in [2.05, 4.69) is 44.2 Å². The van der Waals surface area contributed by atoms with E-state index in [9.17, 15) is 4.79 Å². The van der Waals surface area contributed by atoms with E-state index in [1.165, 1.54) is 5.57 Å². The molecule has 1 aliphatic rings. The van der Waals surface area contributed by atoms with Crippen LogP contribution < -0.4 is 10.1 Å². The SMILES string of the molecule is COc1ccc(-n2ccc(CNC(=O)C3C(C=C(C)C)C3(C)C)n2)cc1. The highest BCUT2D eigenvalue weighted by molar-refractivity contribution is 5.83. The normalized spacial score (nSPS) is 20.3. The number of hydrogen-bond donors (Lipinski definition) is 1. The van der Waals surface area contributed by atoms with Crippen molar-refractivity contribution >= 4 is 5.91 Å². The van der Waals surface area contributed by atoms with E-state index in [1.807, 2.05) is 36.5 Å². The minimum absolute atomic E-state index is 0.0316. The number of allylic oxidation sites excluding steroid dienone is 2. The molecular weight excluding hydrogens is 326 g/mol. The molecule has 2 aromatic rings. The Bertz CT molecular complexity index is 814. The van der Waals surface area contributed by atoms with Crippen molar-refractivity contribution in [1.29, 1.82) is 0 Å². The third-order valence-electron chi connectivity index (χ3n) is 5.13. The van der Waals surface area contributed by atoms with Crippen LogP contribution in [0, 0.1) is 17.3 Å². The molecule has 2 unspecified atom stereocenters. The van der Waals surface area contributed by atoms with Crippen LogP contribution in [0.3, 0.4) is 0 Å².